The van der Waals surface area contributed by atoms with Gasteiger partial charge in [0.05, 0.1) is 12.5 Å². The molecule has 1 amide bonds. The van der Waals surface area contributed by atoms with E-state index in [2.05, 4.69) is 52.8 Å². The molecule has 1 aliphatic carbocycles. The van der Waals surface area contributed by atoms with Crippen LogP contribution in [-0.2, 0) is 23.8 Å². The molecule has 0 bridgehead atoms. The van der Waals surface area contributed by atoms with Gasteiger partial charge in [-0.25, -0.2) is 0 Å². The monoisotopic (exact) mass is 468 g/mol. The van der Waals surface area contributed by atoms with Crippen LogP contribution in [0.4, 0.5) is 0 Å². The van der Waals surface area contributed by atoms with Crippen LogP contribution in [0.25, 0.3) is 0 Å². The van der Waals surface area contributed by atoms with Crippen molar-refractivity contribution in [3.8, 4) is 6.07 Å². The van der Waals surface area contributed by atoms with Gasteiger partial charge >= 0.3 is 0 Å². The molecule has 0 saturated carbocycles. The van der Waals surface area contributed by atoms with E-state index in [-0.39, 0.29) is 23.2 Å². The molecular formula is C31H36N2O2. The minimum absolute atomic E-state index is 0.149. The molecule has 3 aromatic rings. The minimum Gasteiger partial charge on any atom is -0.456 e. The Bertz CT molecular complexity index is 1240. The maximum absolute atomic E-state index is 13.3. The number of nitrogens with zero attached hydrogens (tertiary/aromatic N) is 2. The summed E-state index contributed by atoms with van der Waals surface area (Å²) in [5.74, 6) is 0.926. The number of amides is 1. The highest BCUT2D eigenvalue weighted by atomic mass is 16.4. The largest absolute Gasteiger partial charge is 0.456 e. The number of carbonyl (C=O) groups is 1. The van der Waals surface area contributed by atoms with Gasteiger partial charge in [0.1, 0.15) is 5.76 Å². The van der Waals surface area contributed by atoms with Crippen molar-refractivity contribution in [3.63, 3.8) is 0 Å². The van der Waals surface area contributed by atoms with Crippen molar-refractivity contribution in [1.29, 1.82) is 5.26 Å². The lowest BCUT2D eigenvalue weighted by molar-refractivity contribution is 0.0713. The van der Waals surface area contributed by atoms with Crippen LogP contribution >= 0.6 is 0 Å². The Morgan fingerprint density at radius 3 is 2.31 bits per heavy atom. The smallest absolute Gasteiger partial charge is 0.289 e. The Morgan fingerprint density at radius 1 is 1.00 bits per heavy atom. The zero-order valence-electron chi connectivity index (χ0n) is 21.6. The van der Waals surface area contributed by atoms with Gasteiger partial charge < -0.3 is 9.32 Å². The minimum atomic E-state index is -0.180. The van der Waals surface area contributed by atoms with Gasteiger partial charge in [-0.3, -0.25) is 4.79 Å². The van der Waals surface area contributed by atoms with Gasteiger partial charge in [-0.2, -0.15) is 5.26 Å². The molecule has 0 unspecified atom stereocenters. The van der Waals surface area contributed by atoms with Crippen molar-refractivity contribution in [3.05, 3.63) is 93.9 Å². The molecule has 1 aromatic heterocycles. The van der Waals surface area contributed by atoms with E-state index < -0.39 is 0 Å². The molecule has 0 aliphatic heterocycles. The van der Waals surface area contributed by atoms with Crippen LogP contribution in [0.5, 0.6) is 0 Å². The maximum atomic E-state index is 13.3. The summed E-state index contributed by atoms with van der Waals surface area (Å²) in [6.07, 6.45) is 3.31. The number of hydrogen-bond acceptors (Lipinski definition) is 3. The second-order valence-corrected chi connectivity index (χ2v) is 11.2. The normalized spacial score (nSPS) is 15.8. The molecular weight excluding hydrogens is 432 g/mol. The first-order valence-corrected chi connectivity index (χ1v) is 12.5. The van der Waals surface area contributed by atoms with Crippen LogP contribution < -0.4 is 0 Å². The van der Waals surface area contributed by atoms with Gasteiger partial charge in [0, 0.05) is 19.5 Å². The summed E-state index contributed by atoms with van der Waals surface area (Å²) in [5.41, 5.74) is 6.76. The first-order chi connectivity index (χ1) is 16.6. The highest BCUT2D eigenvalue weighted by Crippen LogP contribution is 2.46. The van der Waals surface area contributed by atoms with Crippen molar-refractivity contribution in [1.82, 2.24) is 4.90 Å². The van der Waals surface area contributed by atoms with E-state index in [1.807, 2.05) is 36.4 Å². The zero-order chi connectivity index (χ0) is 25.2. The highest BCUT2D eigenvalue weighted by Gasteiger charge is 2.37. The number of nitriles is 1. The molecule has 0 spiro atoms. The topological polar surface area (TPSA) is 57.2 Å². The third-order valence-corrected chi connectivity index (χ3v) is 7.54. The summed E-state index contributed by atoms with van der Waals surface area (Å²) in [6, 6.07) is 20.4. The Labute approximate surface area is 209 Å². The van der Waals surface area contributed by atoms with Crippen molar-refractivity contribution < 1.29 is 9.21 Å². The lowest BCUT2D eigenvalue weighted by Gasteiger charge is -2.42. The molecule has 182 valence electrons. The van der Waals surface area contributed by atoms with Gasteiger partial charge in [0.25, 0.3) is 5.91 Å². The van der Waals surface area contributed by atoms with E-state index in [0.717, 1.165) is 11.3 Å². The van der Waals surface area contributed by atoms with Crippen molar-refractivity contribution in [2.45, 2.75) is 77.7 Å². The summed E-state index contributed by atoms with van der Waals surface area (Å²) in [4.78, 5) is 14.9. The summed E-state index contributed by atoms with van der Waals surface area (Å²) in [6.45, 7) is 12.4. The maximum Gasteiger partial charge on any atom is 0.289 e. The third-order valence-electron chi connectivity index (χ3n) is 7.54. The van der Waals surface area contributed by atoms with Crippen LogP contribution in [0.3, 0.4) is 0 Å². The molecule has 0 saturated heterocycles. The van der Waals surface area contributed by atoms with Gasteiger partial charge in [0.2, 0.25) is 0 Å². The number of carbonyl (C=O) groups excluding carboxylic acids is 1. The predicted octanol–water partition coefficient (Wildman–Crippen LogP) is 7.08. The zero-order valence-corrected chi connectivity index (χ0v) is 21.6. The van der Waals surface area contributed by atoms with Gasteiger partial charge in [-0.05, 0) is 70.5 Å². The lowest BCUT2D eigenvalue weighted by atomic mass is 9.62. The van der Waals surface area contributed by atoms with E-state index >= 15 is 0 Å². The van der Waals surface area contributed by atoms with Crippen molar-refractivity contribution in [2.75, 3.05) is 6.54 Å². The van der Waals surface area contributed by atoms with Crippen LogP contribution in [0, 0.1) is 18.3 Å². The Hall–Kier alpha value is -3.32. The lowest BCUT2D eigenvalue weighted by Crippen LogP contribution is -2.34. The first kappa shape index (κ1) is 24.8. The second kappa shape index (κ2) is 9.74. The Morgan fingerprint density at radius 2 is 1.66 bits per heavy atom. The van der Waals surface area contributed by atoms with Gasteiger partial charge in [0.15, 0.2) is 5.76 Å². The average molecular weight is 469 g/mol. The Balaban J connectivity index is 1.57. The van der Waals surface area contributed by atoms with E-state index in [1.54, 1.807) is 11.0 Å². The Kier molecular flexibility index (Phi) is 6.90. The fourth-order valence-electron chi connectivity index (χ4n) is 5.13. The number of hydrogen-bond donors (Lipinski definition) is 0. The van der Waals surface area contributed by atoms with E-state index in [1.165, 1.54) is 35.1 Å². The molecule has 0 N–H and O–H groups in total. The average Bonchev–Trinajstić information content (AvgIpc) is 3.29. The fourth-order valence-corrected chi connectivity index (χ4v) is 5.13. The first-order valence-electron chi connectivity index (χ1n) is 12.5. The van der Waals surface area contributed by atoms with E-state index in [0.29, 0.717) is 25.3 Å². The molecule has 1 aliphatic rings. The van der Waals surface area contributed by atoms with Crippen molar-refractivity contribution in [2.24, 2.45) is 0 Å². The van der Waals surface area contributed by atoms with E-state index in [9.17, 15) is 4.79 Å². The predicted molar refractivity (Wildman–Crippen MR) is 139 cm³/mol. The summed E-state index contributed by atoms with van der Waals surface area (Å²) < 4.78 is 6.07. The number of aryl methyl sites for hydroxylation is 1. The molecule has 2 aromatic carbocycles. The van der Waals surface area contributed by atoms with Crippen LogP contribution in [0.2, 0.25) is 0 Å². The molecule has 0 atom stereocenters. The molecule has 1 heterocycles. The third kappa shape index (κ3) is 5.35. The summed E-state index contributed by atoms with van der Waals surface area (Å²) in [7, 11) is 0. The molecule has 0 fully saturated rings. The van der Waals surface area contributed by atoms with Crippen LogP contribution in [0.15, 0.2) is 59.0 Å². The second-order valence-electron chi connectivity index (χ2n) is 11.2. The van der Waals surface area contributed by atoms with Crippen molar-refractivity contribution >= 4 is 5.91 Å². The summed E-state index contributed by atoms with van der Waals surface area (Å²) in [5, 5.41) is 9.07. The fraction of sp³-hybridized carbons (Fsp3) is 0.419. The SMILES string of the molecule is Cc1cc2c(cc1Cc1ccc(C(=O)N(CCC#N)Cc3ccccc3)o1)C(C)(C)CCC2(C)C. The molecule has 4 heteroatoms. The number of furan rings is 1. The molecule has 35 heavy (non-hydrogen) atoms. The van der Waals surface area contributed by atoms with Gasteiger partial charge in [-0.15, -0.1) is 0 Å². The quantitative estimate of drug-likeness (QED) is 0.372. The van der Waals surface area contributed by atoms with Crippen LogP contribution in [0.1, 0.15) is 91.1 Å². The summed E-state index contributed by atoms with van der Waals surface area (Å²) >= 11 is 0. The molecule has 0 radical (unpaired) electrons. The number of fused-ring (bicyclic) bond motifs is 1. The van der Waals surface area contributed by atoms with E-state index in [4.69, 9.17) is 9.68 Å². The number of rotatable bonds is 7. The van der Waals surface area contributed by atoms with Gasteiger partial charge in [-0.1, -0.05) is 70.2 Å². The number of benzene rings is 2. The van der Waals surface area contributed by atoms with Crippen LogP contribution in [-0.4, -0.2) is 17.4 Å². The molecule has 4 rings (SSSR count). The highest BCUT2D eigenvalue weighted by molar-refractivity contribution is 5.91. The standard InChI is InChI=1S/C31H36N2O2/c1-22-18-26-27(31(4,5)15-14-30(26,2)3)20-24(22)19-25-12-13-28(35-25)29(34)33(17-9-16-32)21-23-10-7-6-8-11-23/h6-8,10-13,18,20H,9,14-15,17,19,21H2,1-5H3. The molecule has 4 nitrogen and oxygen atoms in total.